The molecule has 0 atom stereocenters. The molecule has 0 saturated heterocycles. The molecule has 0 aliphatic carbocycles. The lowest BCUT2D eigenvalue weighted by Gasteiger charge is -2.00. The minimum Gasteiger partial charge on any atom is -0.303 e. The van der Waals surface area contributed by atoms with E-state index in [1.54, 1.807) is 6.92 Å². The van der Waals surface area contributed by atoms with Crippen LogP contribution in [0, 0.1) is 0 Å². The van der Waals surface area contributed by atoms with E-state index < -0.39 is 7.82 Å². The SMILES string of the molecule is CCCOP(=O)(O)O.C[P+](C)(C)C. The zero-order chi connectivity index (χ0) is 11.1. The zero-order valence-electron chi connectivity index (χ0n) is 9.02. The van der Waals surface area contributed by atoms with Gasteiger partial charge in [0.1, 0.15) is 0 Å². The summed E-state index contributed by atoms with van der Waals surface area (Å²) in [5.41, 5.74) is 0. The summed E-state index contributed by atoms with van der Waals surface area (Å²) in [5, 5.41) is 0. The first-order chi connectivity index (χ1) is 5.56. The van der Waals surface area contributed by atoms with Crippen molar-refractivity contribution in [3.05, 3.63) is 0 Å². The largest absolute Gasteiger partial charge is 0.469 e. The molecule has 2 N–H and O–H groups in total. The number of hydrogen-bond donors (Lipinski definition) is 2. The molecule has 0 fully saturated rings. The molecule has 0 aromatic heterocycles. The summed E-state index contributed by atoms with van der Waals surface area (Å²) >= 11 is 0. The maximum atomic E-state index is 9.86. The lowest BCUT2D eigenvalue weighted by molar-refractivity contribution is 0.197. The minimum absolute atomic E-state index is 0.115. The topological polar surface area (TPSA) is 66.8 Å². The van der Waals surface area contributed by atoms with Gasteiger partial charge in [0.05, 0.1) is 6.61 Å². The Kier molecular flexibility index (Phi) is 8.50. The second-order valence-electron chi connectivity index (χ2n) is 4.01. The fourth-order valence-electron chi connectivity index (χ4n) is 0.210. The van der Waals surface area contributed by atoms with E-state index in [-0.39, 0.29) is 13.9 Å². The van der Waals surface area contributed by atoms with Gasteiger partial charge >= 0.3 is 7.82 Å². The van der Waals surface area contributed by atoms with Crippen molar-refractivity contribution >= 4 is 15.1 Å². The van der Waals surface area contributed by atoms with E-state index in [1.807, 2.05) is 0 Å². The van der Waals surface area contributed by atoms with E-state index in [0.717, 1.165) is 0 Å². The van der Waals surface area contributed by atoms with E-state index in [0.29, 0.717) is 6.42 Å². The molecule has 6 heteroatoms. The third kappa shape index (κ3) is 45.4. The van der Waals surface area contributed by atoms with Crippen LogP contribution in [0.15, 0.2) is 0 Å². The van der Waals surface area contributed by atoms with Crippen LogP contribution >= 0.6 is 15.1 Å². The van der Waals surface area contributed by atoms with Crippen molar-refractivity contribution in [3.8, 4) is 0 Å². The summed E-state index contributed by atoms with van der Waals surface area (Å²) in [7, 11) is -4.57. The summed E-state index contributed by atoms with van der Waals surface area (Å²) in [6.45, 7) is 11.1. The van der Waals surface area contributed by atoms with Gasteiger partial charge in [-0.3, -0.25) is 4.52 Å². The fraction of sp³-hybridized carbons (Fsp3) is 1.00. The van der Waals surface area contributed by atoms with Crippen LogP contribution in [0.4, 0.5) is 0 Å². The van der Waals surface area contributed by atoms with Gasteiger partial charge in [0.15, 0.2) is 0 Å². The highest BCUT2D eigenvalue weighted by atomic mass is 31.2. The van der Waals surface area contributed by atoms with Gasteiger partial charge in [-0.25, -0.2) is 4.57 Å². The Morgan fingerprint density at radius 3 is 1.62 bits per heavy atom. The molecular formula is C7H21O4P2+. The zero-order valence-corrected chi connectivity index (χ0v) is 10.8. The van der Waals surface area contributed by atoms with Crippen molar-refractivity contribution in [1.29, 1.82) is 0 Å². The molecule has 0 aromatic carbocycles. The van der Waals surface area contributed by atoms with Crippen LogP contribution in [0.3, 0.4) is 0 Å². The van der Waals surface area contributed by atoms with E-state index in [1.165, 1.54) is 0 Å². The monoisotopic (exact) mass is 231 g/mol. The summed E-state index contributed by atoms with van der Waals surface area (Å²) in [5.74, 6) is 0. The molecule has 0 unspecified atom stereocenters. The second-order valence-corrected chi connectivity index (χ2v) is 10.6. The Balaban J connectivity index is 0. The molecule has 82 valence electrons. The van der Waals surface area contributed by atoms with Gasteiger partial charge in [-0.2, -0.15) is 0 Å². The molecule has 0 amide bonds. The molecule has 4 nitrogen and oxygen atoms in total. The normalized spacial score (nSPS) is 11.9. The Labute approximate surface area is 81.3 Å². The maximum Gasteiger partial charge on any atom is 0.469 e. The predicted octanol–water partition coefficient (Wildman–Crippen LogP) is 2.03. The van der Waals surface area contributed by atoms with E-state index in [4.69, 9.17) is 9.79 Å². The second kappa shape index (κ2) is 6.92. The van der Waals surface area contributed by atoms with Gasteiger partial charge in [-0.1, -0.05) is 6.92 Å². The number of hydrogen-bond acceptors (Lipinski definition) is 2. The number of phosphoric ester groups is 1. The highest BCUT2D eigenvalue weighted by molar-refractivity contribution is 7.73. The molecule has 0 radical (unpaired) electrons. The number of phosphoric acid groups is 1. The molecule has 0 spiro atoms. The summed E-state index contributed by atoms with van der Waals surface area (Å²) < 4.78 is 13.9. The van der Waals surface area contributed by atoms with Crippen molar-refractivity contribution in [2.45, 2.75) is 13.3 Å². The van der Waals surface area contributed by atoms with Gasteiger partial charge in [-0.05, 0) is 6.42 Å². The summed E-state index contributed by atoms with van der Waals surface area (Å²) in [4.78, 5) is 16.1. The Morgan fingerprint density at radius 2 is 1.54 bits per heavy atom. The van der Waals surface area contributed by atoms with Crippen LogP contribution in [0.1, 0.15) is 13.3 Å². The molecule has 0 heterocycles. The molecule has 0 bridgehead atoms. The summed E-state index contributed by atoms with van der Waals surface area (Å²) in [6, 6.07) is 0. The van der Waals surface area contributed by atoms with Crippen molar-refractivity contribution in [2.75, 3.05) is 33.3 Å². The predicted molar refractivity (Wildman–Crippen MR) is 58.9 cm³/mol. The first kappa shape index (κ1) is 16.0. The van der Waals surface area contributed by atoms with Crippen molar-refractivity contribution in [3.63, 3.8) is 0 Å². The smallest absolute Gasteiger partial charge is 0.303 e. The molecule has 13 heavy (non-hydrogen) atoms. The van der Waals surface area contributed by atoms with Crippen molar-refractivity contribution < 1.29 is 18.9 Å². The van der Waals surface area contributed by atoms with Crippen molar-refractivity contribution in [1.82, 2.24) is 0 Å². The highest BCUT2D eigenvalue weighted by Crippen LogP contribution is 2.40. The van der Waals surface area contributed by atoms with Crippen LogP contribution in [-0.2, 0) is 9.09 Å². The average molecular weight is 231 g/mol. The Bertz CT molecular complexity index is 152. The first-order valence-electron chi connectivity index (χ1n) is 4.05. The van der Waals surface area contributed by atoms with Crippen LogP contribution < -0.4 is 0 Å². The molecule has 0 aliphatic rings. The highest BCUT2D eigenvalue weighted by Gasteiger charge is 2.11. The molecule has 0 aliphatic heterocycles. The molecule has 0 rings (SSSR count). The van der Waals surface area contributed by atoms with Crippen LogP contribution in [0.2, 0.25) is 0 Å². The van der Waals surface area contributed by atoms with Crippen LogP contribution in [0.5, 0.6) is 0 Å². The molecule has 0 saturated carbocycles. The number of rotatable bonds is 3. The van der Waals surface area contributed by atoms with E-state index >= 15 is 0 Å². The summed E-state index contributed by atoms with van der Waals surface area (Å²) in [6.07, 6.45) is 0.616. The van der Waals surface area contributed by atoms with Gasteiger partial charge in [-0.15, -0.1) is 0 Å². The quantitative estimate of drug-likeness (QED) is 0.729. The van der Waals surface area contributed by atoms with Gasteiger partial charge in [0.25, 0.3) is 0 Å². The molecular weight excluding hydrogens is 210 g/mol. The lowest BCUT2D eigenvalue weighted by atomic mass is 10.5. The van der Waals surface area contributed by atoms with Gasteiger partial charge < -0.3 is 9.79 Å². The van der Waals surface area contributed by atoms with Crippen LogP contribution in [-0.4, -0.2) is 43.1 Å². The lowest BCUT2D eigenvalue weighted by Crippen LogP contribution is -1.88. The molecule has 0 aromatic rings. The Hall–Kier alpha value is 0.540. The first-order valence-corrected chi connectivity index (χ1v) is 9.16. The Morgan fingerprint density at radius 1 is 1.23 bits per heavy atom. The third-order valence-electron chi connectivity index (χ3n) is 0.464. The fourth-order valence-corrected chi connectivity index (χ4v) is 0.631. The van der Waals surface area contributed by atoms with Gasteiger partial charge in [0.2, 0.25) is 0 Å². The van der Waals surface area contributed by atoms with Gasteiger partial charge in [0, 0.05) is 33.9 Å². The average Bonchev–Trinajstić information content (AvgIpc) is 1.77. The standard InChI is InChI=1S/C4H12P.C3H9O4P/c1-5(2,3)4;1-2-3-7-8(4,5)6/h1-4H3;2-3H2,1H3,(H2,4,5,6)/q+1;. The third-order valence-corrected chi connectivity index (χ3v) is 0.983. The van der Waals surface area contributed by atoms with Crippen molar-refractivity contribution in [2.24, 2.45) is 0 Å². The van der Waals surface area contributed by atoms with E-state index in [2.05, 4.69) is 31.2 Å². The minimum atomic E-state index is -4.18. The van der Waals surface area contributed by atoms with Crippen LogP contribution in [0.25, 0.3) is 0 Å². The maximum absolute atomic E-state index is 9.86. The van der Waals surface area contributed by atoms with E-state index in [9.17, 15) is 4.57 Å².